The molecule has 0 aromatic heterocycles. The number of ether oxygens (including phenoxy) is 1. The van der Waals surface area contributed by atoms with Crippen LogP contribution < -0.4 is 4.74 Å². The van der Waals surface area contributed by atoms with Gasteiger partial charge in [0, 0.05) is 0 Å². The van der Waals surface area contributed by atoms with Gasteiger partial charge in [0.15, 0.2) is 5.75 Å². The fraction of sp³-hybridized carbons (Fsp3) is 0.417. The molecule has 1 unspecified atom stereocenters. The SMILES string of the molecule is CCCC(C)Oc1c(Cl)cccc1C(=O)O. The number of halogens is 1. The molecule has 0 aliphatic carbocycles. The van der Waals surface area contributed by atoms with Gasteiger partial charge in [-0.3, -0.25) is 0 Å². The van der Waals surface area contributed by atoms with E-state index in [4.69, 9.17) is 21.4 Å². The largest absolute Gasteiger partial charge is 0.488 e. The Morgan fingerprint density at radius 3 is 2.81 bits per heavy atom. The Hall–Kier alpha value is -1.22. The van der Waals surface area contributed by atoms with Gasteiger partial charge in [-0.2, -0.15) is 0 Å². The van der Waals surface area contributed by atoms with E-state index in [1.54, 1.807) is 12.1 Å². The maximum atomic E-state index is 11.0. The minimum Gasteiger partial charge on any atom is -0.488 e. The maximum Gasteiger partial charge on any atom is 0.339 e. The number of hydrogen-bond donors (Lipinski definition) is 1. The molecule has 0 saturated heterocycles. The second-order valence-electron chi connectivity index (χ2n) is 3.64. The Morgan fingerprint density at radius 1 is 1.56 bits per heavy atom. The van der Waals surface area contributed by atoms with Crippen LogP contribution >= 0.6 is 11.6 Å². The number of carboxylic acids is 1. The van der Waals surface area contributed by atoms with Gasteiger partial charge in [-0.1, -0.05) is 31.0 Å². The highest BCUT2D eigenvalue weighted by molar-refractivity contribution is 6.32. The summed E-state index contributed by atoms with van der Waals surface area (Å²) in [6.07, 6.45) is 1.81. The van der Waals surface area contributed by atoms with Crippen molar-refractivity contribution in [1.29, 1.82) is 0 Å². The minimum atomic E-state index is -1.03. The molecule has 88 valence electrons. The Kier molecular flexibility index (Phi) is 4.62. The molecule has 3 nitrogen and oxygen atoms in total. The molecule has 0 saturated carbocycles. The van der Waals surface area contributed by atoms with Crippen LogP contribution in [0.25, 0.3) is 0 Å². The lowest BCUT2D eigenvalue weighted by atomic mass is 10.2. The summed E-state index contributed by atoms with van der Waals surface area (Å²) >= 11 is 5.93. The van der Waals surface area contributed by atoms with Crippen LogP contribution in [0.4, 0.5) is 0 Å². The molecule has 0 bridgehead atoms. The Balaban J connectivity index is 2.97. The van der Waals surface area contributed by atoms with Crippen molar-refractivity contribution >= 4 is 17.6 Å². The van der Waals surface area contributed by atoms with Crippen molar-refractivity contribution in [3.05, 3.63) is 28.8 Å². The van der Waals surface area contributed by atoms with Crippen molar-refractivity contribution in [2.45, 2.75) is 32.8 Å². The van der Waals surface area contributed by atoms with Gasteiger partial charge < -0.3 is 9.84 Å². The van der Waals surface area contributed by atoms with Crippen LogP contribution in [-0.4, -0.2) is 17.2 Å². The molecule has 1 rings (SSSR count). The lowest BCUT2D eigenvalue weighted by Gasteiger charge is -2.16. The van der Waals surface area contributed by atoms with Gasteiger partial charge in [0.2, 0.25) is 0 Å². The summed E-state index contributed by atoms with van der Waals surface area (Å²) in [4.78, 5) is 11.0. The van der Waals surface area contributed by atoms with Crippen LogP contribution in [0.5, 0.6) is 5.75 Å². The highest BCUT2D eigenvalue weighted by Crippen LogP contribution is 2.30. The van der Waals surface area contributed by atoms with E-state index in [-0.39, 0.29) is 17.4 Å². The maximum absolute atomic E-state index is 11.0. The van der Waals surface area contributed by atoms with Crippen molar-refractivity contribution in [3.8, 4) is 5.75 Å². The van der Waals surface area contributed by atoms with Gasteiger partial charge in [-0.25, -0.2) is 4.79 Å². The normalized spacial score (nSPS) is 12.2. The van der Waals surface area contributed by atoms with E-state index >= 15 is 0 Å². The number of benzene rings is 1. The first-order valence-electron chi connectivity index (χ1n) is 5.24. The third-order valence-corrected chi connectivity index (χ3v) is 2.51. The Bertz CT molecular complexity index is 377. The highest BCUT2D eigenvalue weighted by Gasteiger charge is 2.16. The molecule has 0 radical (unpaired) electrons. The van der Waals surface area contributed by atoms with Gasteiger partial charge >= 0.3 is 5.97 Å². The van der Waals surface area contributed by atoms with Crippen molar-refractivity contribution in [1.82, 2.24) is 0 Å². The second kappa shape index (κ2) is 5.75. The van der Waals surface area contributed by atoms with Crippen LogP contribution in [-0.2, 0) is 0 Å². The molecule has 4 heteroatoms. The first-order chi connectivity index (χ1) is 7.56. The minimum absolute atomic E-state index is 0.0389. The van der Waals surface area contributed by atoms with Gasteiger partial charge in [-0.05, 0) is 25.5 Å². The molecule has 0 amide bonds. The standard InChI is InChI=1S/C12H15ClO3/c1-3-5-8(2)16-11-9(12(14)15)6-4-7-10(11)13/h4,6-8H,3,5H2,1-2H3,(H,14,15). The zero-order valence-electron chi connectivity index (χ0n) is 9.37. The first kappa shape index (κ1) is 12.8. The third-order valence-electron chi connectivity index (χ3n) is 2.21. The zero-order valence-corrected chi connectivity index (χ0v) is 10.1. The molecule has 1 aromatic carbocycles. The van der Waals surface area contributed by atoms with Crippen LogP contribution in [0.3, 0.4) is 0 Å². The molecule has 0 spiro atoms. The third kappa shape index (κ3) is 3.14. The van der Waals surface area contributed by atoms with E-state index in [2.05, 4.69) is 0 Å². The number of para-hydroxylation sites is 1. The van der Waals surface area contributed by atoms with Gasteiger partial charge in [0.1, 0.15) is 5.56 Å². The number of rotatable bonds is 5. The molecule has 0 aliphatic heterocycles. The predicted molar refractivity (Wildman–Crippen MR) is 63.4 cm³/mol. The average molecular weight is 243 g/mol. The molecule has 0 fully saturated rings. The number of hydrogen-bond acceptors (Lipinski definition) is 2. The molecule has 0 heterocycles. The number of carbonyl (C=O) groups is 1. The molecular formula is C12H15ClO3. The van der Waals surface area contributed by atoms with Crippen LogP contribution in [0.15, 0.2) is 18.2 Å². The van der Waals surface area contributed by atoms with Gasteiger partial charge in [0.05, 0.1) is 11.1 Å². The van der Waals surface area contributed by atoms with Crippen LogP contribution in [0.1, 0.15) is 37.0 Å². The van der Waals surface area contributed by atoms with Crippen molar-refractivity contribution < 1.29 is 14.6 Å². The average Bonchev–Trinajstić information content (AvgIpc) is 2.21. The van der Waals surface area contributed by atoms with Crippen molar-refractivity contribution in [3.63, 3.8) is 0 Å². The van der Waals surface area contributed by atoms with Crippen molar-refractivity contribution in [2.24, 2.45) is 0 Å². The Morgan fingerprint density at radius 2 is 2.25 bits per heavy atom. The highest BCUT2D eigenvalue weighted by atomic mass is 35.5. The first-order valence-corrected chi connectivity index (χ1v) is 5.62. The molecule has 0 aliphatic rings. The van der Waals surface area contributed by atoms with E-state index in [0.29, 0.717) is 5.02 Å². The molecule has 16 heavy (non-hydrogen) atoms. The van der Waals surface area contributed by atoms with E-state index < -0.39 is 5.97 Å². The van der Waals surface area contributed by atoms with E-state index in [1.807, 2.05) is 13.8 Å². The summed E-state index contributed by atoms with van der Waals surface area (Å²) in [6, 6.07) is 4.72. The van der Waals surface area contributed by atoms with Gasteiger partial charge in [-0.15, -0.1) is 0 Å². The Labute approximate surface area is 100.0 Å². The number of carboxylic acid groups (broad SMARTS) is 1. The van der Waals surface area contributed by atoms with Crippen molar-refractivity contribution in [2.75, 3.05) is 0 Å². The lowest BCUT2D eigenvalue weighted by Crippen LogP contribution is -2.14. The fourth-order valence-electron chi connectivity index (χ4n) is 1.46. The summed E-state index contributed by atoms with van der Waals surface area (Å²) < 4.78 is 5.57. The molecule has 1 aromatic rings. The number of aromatic carboxylic acids is 1. The molecular weight excluding hydrogens is 228 g/mol. The smallest absolute Gasteiger partial charge is 0.339 e. The fourth-order valence-corrected chi connectivity index (χ4v) is 1.68. The summed E-state index contributed by atoms with van der Waals surface area (Å²) in [5.74, 6) is -0.765. The quantitative estimate of drug-likeness (QED) is 0.858. The van der Waals surface area contributed by atoms with Crippen LogP contribution in [0, 0.1) is 0 Å². The van der Waals surface area contributed by atoms with E-state index in [9.17, 15) is 4.79 Å². The predicted octanol–water partition coefficient (Wildman–Crippen LogP) is 3.61. The topological polar surface area (TPSA) is 46.5 Å². The summed E-state index contributed by atoms with van der Waals surface area (Å²) in [5.41, 5.74) is 0.107. The molecule has 1 N–H and O–H groups in total. The summed E-state index contributed by atoms with van der Waals surface area (Å²) in [7, 11) is 0. The summed E-state index contributed by atoms with van der Waals surface area (Å²) in [5, 5.41) is 9.33. The van der Waals surface area contributed by atoms with Gasteiger partial charge in [0.25, 0.3) is 0 Å². The summed E-state index contributed by atoms with van der Waals surface area (Å²) in [6.45, 7) is 3.95. The zero-order chi connectivity index (χ0) is 12.1. The molecule has 1 atom stereocenters. The second-order valence-corrected chi connectivity index (χ2v) is 4.05. The van der Waals surface area contributed by atoms with E-state index in [0.717, 1.165) is 12.8 Å². The van der Waals surface area contributed by atoms with E-state index in [1.165, 1.54) is 6.07 Å². The lowest BCUT2D eigenvalue weighted by molar-refractivity contribution is 0.0689. The van der Waals surface area contributed by atoms with Crippen LogP contribution in [0.2, 0.25) is 5.02 Å². The monoisotopic (exact) mass is 242 g/mol.